The molecule has 1 N–H and O–H groups in total. The number of anilines is 1. The maximum Gasteiger partial charge on any atom is 0.242 e. The predicted octanol–water partition coefficient (Wildman–Crippen LogP) is 4.49. The number of para-hydroxylation sites is 2. The van der Waals surface area contributed by atoms with E-state index in [0.29, 0.717) is 40.2 Å². The van der Waals surface area contributed by atoms with Gasteiger partial charge in [0.05, 0.1) is 18.6 Å². The fourth-order valence-corrected chi connectivity index (χ4v) is 5.17. The molecule has 0 aliphatic heterocycles. The molecule has 0 fully saturated rings. The van der Waals surface area contributed by atoms with Crippen LogP contribution in [0.5, 0.6) is 5.75 Å². The summed E-state index contributed by atoms with van der Waals surface area (Å²) in [6, 6.07) is 11.1. The van der Waals surface area contributed by atoms with Gasteiger partial charge in [0, 0.05) is 41.7 Å². The SMILES string of the molecule is CCNC(=O)C(C)N(Cc1c(Cl)cccc1Cl)C(=O)CCCN(c1ccccc1OCC)S(C)(=O)=O. The molecule has 36 heavy (non-hydrogen) atoms. The van der Waals surface area contributed by atoms with Crippen molar-refractivity contribution in [3.63, 3.8) is 0 Å². The second kappa shape index (κ2) is 13.7. The van der Waals surface area contributed by atoms with Crippen molar-refractivity contribution in [2.75, 3.05) is 30.3 Å². The molecule has 0 bridgehead atoms. The van der Waals surface area contributed by atoms with Crippen LogP contribution < -0.4 is 14.4 Å². The molecule has 1 atom stereocenters. The van der Waals surface area contributed by atoms with Gasteiger partial charge in [-0.25, -0.2) is 8.42 Å². The summed E-state index contributed by atoms with van der Waals surface area (Å²) in [5.74, 6) is -0.190. The molecule has 198 valence electrons. The minimum atomic E-state index is -3.64. The van der Waals surface area contributed by atoms with Crippen molar-refractivity contribution in [3.05, 3.63) is 58.1 Å². The van der Waals surface area contributed by atoms with Gasteiger partial charge in [-0.3, -0.25) is 13.9 Å². The summed E-state index contributed by atoms with van der Waals surface area (Å²) in [6.45, 7) is 6.14. The fourth-order valence-electron chi connectivity index (χ4n) is 3.68. The van der Waals surface area contributed by atoms with Crippen LogP contribution in [0, 0.1) is 0 Å². The number of halogens is 2. The van der Waals surface area contributed by atoms with Crippen LogP contribution in [0.2, 0.25) is 10.0 Å². The van der Waals surface area contributed by atoms with E-state index in [0.717, 1.165) is 6.26 Å². The van der Waals surface area contributed by atoms with Gasteiger partial charge in [0.2, 0.25) is 21.8 Å². The number of carbonyl (C=O) groups is 2. The van der Waals surface area contributed by atoms with Crippen molar-refractivity contribution >= 4 is 50.7 Å². The molecule has 0 aliphatic rings. The molecule has 8 nitrogen and oxygen atoms in total. The van der Waals surface area contributed by atoms with Crippen molar-refractivity contribution in [2.24, 2.45) is 0 Å². The highest BCUT2D eigenvalue weighted by atomic mass is 35.5. The molecular formula is C25H33Cl2N3O5S. The molecule has 0 radical (unpaired) electrons. The summed E-state index contributed by atoms with van der Waals surface area (Å²) in [5, 5.41) is 3.51. The number of nitrogens with zero attached hydrogens (tertiary/aromatic N) is 2. The van der Waals surface area contributed by atoms with Gasteiger partial charge in [0.15, 0.2) is 0 Å². The highest BCUT2D eigenvalue weighted by Crippen LogP contribution is 2.30. The quantitative estimate of drug-likeness (QED) is 0.391. The van der Waals surface area contributed by atoms with Crippen LogP contribution in [0.4, 0.5) is 5.69 Å². The third kappa shape index (κ3) is 8.01. The zero-order valence-electron chi connectivity index (χ0n) is 21.0. The van der Waals surface area contributed by atoms with E-state index in [4.69, 9.17) is 27.9 Å². The van der Waals surface area contributed by atoms with Gasteiger partial charge in [-0.2, -0.15) is 0 Å². The molecular weight excluding hydrogens is 525 g/mol. The van der Waals surface area contributed by atoms with Crippen LogP contribution in [-0.2, 0) is 26.2 Å². The Morgan fingerprint density at radius 1 is 1.06 bits per heavy atom. The van der Waals surface area contributed by atoms with Crippen LogP contribution in [0.3, 0.4) is 0 Å². The van der Waals surface area contributed by atoms with Crippen molar-refractivity contribution in [2.45, 2.75) is 46.2 Å². The van der Waals surface area contributed by atoms with Crippen molar-refractivity contribution in [1.29, 1.82) is 0 Å². The lowest BCUT2D eigenvalue weighted by Gasteiger charge is -2.30. The van der Waals surface area contributed by atoms with Gasteiger partial charge in [0.25, 0.3) is 0 Å². The van der Waals surface area contributed by atoms with E-state index in [-0.39, 0.29) is 37.7 Å². The normalized spacial score (nSPS) is 12.1. The summed E-state index contributed by atoms with van der Waals surface area (Å²) in [4.78, 5) is 27.3. The minimum Gasteiger partial charge on any atom is -0.492 e. The first-order valence-electron chi connectivity index (χ1n) is 11.7. The molecule has 0 saturated carbocycles. The summed E-state index contributed by atoms with van der Waals surface area (Å²) in [7, 11) is -3.64. The zero-order valence-corrected chi connectivity index (χ0v) is 23.3. The van der Waals surface area contributed by atoms with Crippen LogP contribution in [0.15, 0.2) is 42.5 Å². The Labute approximate surface area is 223 Å². The molecule has 0 aromatic heterocycles. The number of benzene rings is 2. The number of sulfonamides is 1. The van der Waals surface area contributed by atoms with Crippen molar-refractivity contribution in [3.8, 4) is 5.75 Å². The third-order valence-corrected chi connectivity index (χ3v) is 7.38. The number of likely N-dealkylation sites (N-methyl/N-ethyl adjacent to an activating group) is 1. The molecule has 2 amide bonds. The van der Waals surface area contributed by atoms with Gasteiger partial charge in [-0.15, -0.1) is 0 Å². The minimum absolute atomic E-state index is 0.00857. The smallest absolute Gasteiger partial charge is 0.242 e. The standard InChI is InChI=1S/C25H33Cl2N3O5S/c1-5-28-25(32)18(3)29(17-19-20(26)11-9-12-21(19)27)24(31)15-10-16-30(36(4,33)34)22-13-7-8-14-23(22)35-6-2/h7-9,11-14,18H,5-6,10,15-17H2,1-4H3,(H,28,32). The van der Waals surface area contributed by atoms with Crippen molar-refractivity contribution < 1.29 is 22.7 Å². The highest BCUT2D eigenvalue weighted by Gasteiger charge is 2.28. The number of amides is 2. The number of hydrogen-bond acceptors (Lipinski definition) is 5. The Morgan fingerprint density at radius 3 is 2.28 bits per heavy atom. The summed E-state index contributed by atoms with van der Waals surface area (Å²) in [5.41, 5.74) is 0.943. The van der Waals surface area contributed by atoms with Gasteiger partial charge in [-0.1, -0.05) is 41.4 Å². The summed E-state index contributed by atoms with van der Waals surface area (Å²) in [6.07, 6.45) is 1.34. The lowest BCUT2D eigenvalue weighted by Crippen LogP contribution is -2.47. The average Bonchev–Trinajstić information content (AvgIpc) is 2.81. The number of nitrogens with one attached hydrogen (secondary N) is 1. The maximum absolute atomic E-state index is 13.3. The Hall–Kier alpha value is -2.49. The van der Waals surface area contributed by atoms with E-state index < -0.39 is 16.1 Å². The second-order valence-electron chi connectivity index (χ2n) is 8.13. The number of hydrogen-bond donors (Lipinski definition) is 1. The van der Waals surface area contributed by atoms with Gasteiger partial charge >= 0.3 is 0 Å². The molecule has 0 saturated heterocycles. The van der Waals surface area contributed by atoms with E-state index in [1.807, 2.05) is 6.92 Å². The van der Waals surface area contributed by atoms with Gasteiger partial charge in [-0.05, 0) is 51.5 Å². The lowest BCUT2D eigenvalue weighted by molar-refractivity contribution is -0.140. The maximum atomic E-state index is 13.3. The Kier molecular flexibility index (Phi) is 11.3. The number of ether oxygens (including phenoxy) is 1. The van der Waals surface area contributed by atoms with Crippen LogP contribution in [0.1, 0.15) is 39.2 Å². The van der Waals surface area contributed by atoms with E-state index in [1.54, 1.807) is 56.3 Å². The summed E-state index contributed by atoms with van der Waals surface area (Å²) < 4.78 is 32.0. The van der Waals surface area contributed by atoms with E-state index in [1.165, 1.54) is 9.21 Å². The van der Waals surface area contributed by atoms with Crippen LogP contribution in [-0.4, -0.2) is 57.1 Å². The van der Waals surface area contributed by atoms with Crippen LogP contribution >= 0.6 is 23.2 Å². The molecule has 2 aromatic rings. The highest BCUT2D eigenvalue weighted by molar-refractivity contribution is 7.92. The zero-order chi connectivity index (χ0) is 26.9. The second-order valence-corrected chi connectivity index (χ2v) is 10.9. The Morgan fingerprint density at radius 2 is 1.69 bits per heavy atom. The Balaban J connectivity index is 2.24. The first kappa shape index (κ1) is 29.7. The van der Waals surface area contributed by atoms with Crippen molar-refractivity contribution in [1.82, 2.24) is 10.2 Å². The first-order chi connectivity index (χ1) is 17.0. The topological polar surface area (TPSA) is 96.0 Å². The molecule has 0 heterocycles. The lowest BCUT2D eigenvalue weighted by atomic mass is 10.1. The Bertz CT molecular complexity index is 1140. The monoisotopic (exact) mass is 557 g/mol. The number of carbonyl (C=O) groups excluding carboxylic acids is 2. The average molecular weight is 559 g/mol. The molecule has 2 rings (SSSR count). The van der Waals surface area contributed by atoms with Gasteiger partial charge < -0.3 is 15.0 Å². The number of rotatable bonds is 13. The summed E-state index contributed by atoms with van der Waals surface area (Å²) >= 11 is 12.6. The first-order valence-corrected chi connectivity index (χ1v) is 14.3. The van der Waals surface area contributed by atoms with E-state index >= 15 is 0 Å². The van der Waals surface area contributed by atoms with E-state index in [2.05, 4.69) is 5.32 Å². The molecule has 1 unspecified atom stereocenters. The third-order valence-electron chi connectivity index (χ3n) is 5.49. The largest absolute Gasteiger partial charge is 0.492 e. The van der Waals surface area contributed by atoms with Gasteiger partial charge in [0.1, 0.15) is 11.8 Å². The van der Waals surface area contributed by atoms with E-state index in [9.17, 15) is 18.0 Å². The molecule has 2 aromatic carbocycles. The van der Waals surface area contributed by atoms with Crippen LogP contribution in [0.25, 0.3) is 0 Å². The molecule has 0 aliphatic carbocycles. The molecule has 0 spiro atoms. The predicted molar refractivity (Wildman–Crippen MR) is 144 cm³/mol. The fraction of sp³-hybridized carbons (Fsp3) is 0.440. The molecule has 11 heteroatoms.